The summed E-state index contributed by atoms with van der Waals surface area (Å²) < 4.78 is 4.85. The molecule has 0 aliphatic heterocycles. The van der Waals surface area contributed by atoms with Gasteiger partial charge in [-0.2, -0.15) is 0 Å². The topological polar surface area (TPSA) is 127 Å². The number of aryl methyl sites for hydroxylation is 1. The number of benzene rings is 3. The molecule has 0 saturated carbocycles. The van der Waals surface area contributed by atoms with Crippen LogP contribution in [0.2, 0.25) is 0 Å². The van der Waals surface area contributed by atoms with E-state index in [0.29, 0.717) is 22.0 Å². The number of H-pyrrole nitrogens is 1. The van der Waals surface area contributed by atoms with Crippen LogP contribution in [-0.2, 0) is 9.53 Å². The number of nitrogen functional groups attached to an aromatic ring is 1. The lowest BCUT2D eigenvalue weighted by Crippen LogP contribution is -2.34. The van der Waals surface area contributed by atoms with E-state index in [1.165, 1.54) is 18.9 Å². The number of nitrogens with one attached hydrogen (secondary N) is 2. The summed E-state index contributed by atoms with van der Waals surface area (Å²) in [5.41, 5.74) is 7.80. The predicted octanol–water partition coefficient (Wildman–Crippen LogP) is 3.61. The van der Waals surface area contributed by atoms with E-state index in [1.807, 2.05) is 19.1 Å². The zero-order valence-electron chi connectivity index (χ0n) is 18.5. The second-order valence-electron chi connectivity index (χ2n) is 7.52. The Kier molecular flexibility index (Phi) is 6.65. The summed E-state index contributed by atoms with van der Waals surface area (Å²) in [6, 6.07) is 18.5. The first-order valence-electron chi connectivity index (χ1n) is 10.4. The van der Waals surface area contributed by atoms with Crippen LogP contribution in [-0.4, -0.2) is 29.0 Å². The molecule has 0 fully saturated rings. The molecule has 8 nitrogen and oxygen atoms in total. The average molecular weight is 475 g/mol. The van der Waals surface area contributed by atoms with Crippen LogP contribution in [0.1, 0.15) is 27.5 Å². The lowest BCUT2D eigenvalue weighted by Gasteiger charge is -2.17. The zero-order valence-corrected chi connectivity index (χ0v) is 19.3. The number of esters is 1. The summed E-state index contributed by atoms with van der Waals surface area (Å²) in [4.78, 5) is 45.9. The van der Waals surface area contributed by atoms with Gasteiger partial charge in [-0.25, -0.2) is 9.78 Å². The third-order valence-electron chi connectivity index (χ3n) is 5.22. The van der Waals surface area contributed by atoms with Crippen LogP contribution >= 0.6 is 11.8 Å². The number of hydrogen-bond acceptors (Lipinski definition) is 7. The number of aromatic amines is 1. The number of rotatable bonds is 6. The minimum absolute atomic E-state index is 0.0634. The quantitative estimate of drug-likeness (QED) is 0.364. The molecule has 34 heavy (non-hydrogen) atoms. The van der Waals surface area contributed by atoms with Gasteiger partial charge in [-0.05, 0) is 48.4 Å². The van der Waals surface area contributed by atoms with Crippen molar-refractivity contribution in [2.75, 3.05) is 12.8 Å². The van der Waals surface area contributed by atoms with Crippen LogP contribution < -0.4 is 16.6 Å². The van der Waals surface area contributed by atoms with Gasteiger partial charge in [0.25, 0.3) is 11.5 Å². The Balaban J connectivity index is 1.57. The van der Waals surface area contributed by atoms with E-state index in [1.54, 1.807) is 54.6 Å². The van der Waals surface area contributed by atoms with Gasteiger partial charge >= 0.3 is 5.97 Å². The fourth-order valence-electron chi connectivity index (χ4n) is 3.51. The number of carbonyl (C=O) groups excluding carboxylic acids is 2. The number of ether oxygens (including phenoxy) is 1. The Morgan fingerprint density at radius 2 is 1.76 bits per heavy atom. The molecule has 1 heterocycles. The van der Waals surface area contributed by atoms with E-state index < -0.39 is 17.9 Å². The highest BCUT2D eigenvalue weighted by molar-refractivity contribution is 7.99. The molecule has 3 aromatic carbocycles. The fourth-order valence-corrected chi connectivity index (χ4v) is 4.54. The molecule has 0 bridgehead atoms. The Morgan fingerprint density at radius 3 is 2.44 bits per heavy atom. The first kappa shape index (κ1) is 23.1. The van der Waals surface area contributed by atoms with Gasteiger partial charge < -0.3 is 15.8 Å². The molecule has 4 aromatic rings. The van der Waals surface area contributed by atoms with Crippen molar-refractivity contribution in [1.29, 1.82) is 0 Å². The van der Waals surface area contributed by atoms with Gasteiger partial charge in [0.2, 0.25) is 5.95 Å². The van der Waals surface area contributed by atoms with Crippen molar-refractivity contribution in [1.82, 2.24) is 15.3 Å². The van der Waals surface area contributed by atoms with Gasteiger partial charge in [0, 0.05) is 15.4 Å². The number of amides is 1. The third kappa shape index (κ3) is 4.79. The smallest absolute Gasteiger partial charge is 0.333 e. The van der Waals surface area contributed by atoms with Crippen LogP contribution in [0.25, 0.3) is 10.9 Å². The molecule has 0 aliphatic carbocycles. The summed E-state index contributed by atoms with van der Waals surface area (Å²) in [6.07, 6.45) is 0. The third-order valence-corrected chi connectivity index (χ3v) is 6.46. The van der Waals surface area contributed by atoms with Gasteiger partial charge in [-0.3, -0.25) is 14.6 Å². The van der Waals surface area contributed by atoms with Gasteiger partial charge in [-0.15, -0.1) is 0 Å². The lowest BCUT2D eigenvalue weighted by molar-refractivity contribution is -0.143. The molecule has 0 spiro atoms. The molecule has 4 rings (SSSR count). The summed E-state index contributed by atoms with van der Waals surface area (Å²) >= 11 is 1.40. The molecule has 4 N–H and O–H groups in total. The second-order valence-corrected chi connectivity index (χ2v) is 8.61. The standard InChI is InChI=1S/C25H22N4O4S/c1-14-8-13-18-19(23(31)29-25(26)27-18)21(14)34-17-11-9-16(10-12-17)22(30)28-20(24(32)33-2)15-6-4-3-5-7-15/h3-13,20H,1-2H3,(H,28,30)(H3,26,27,29,31)/t20-/m1/s1. The number of fused-ring (bicyclic) bond motifs is 1. The SMILES string of the molecule is COC(=O)[C@H](NC(=O)c1ccc(Sc2c(C)ccc3nc(N)[nH]c(=O)c23)cc1)c1ccccc1. The Hall–Kier alpha value is -4.11. The van der Waals surface area contributed by atoms with Crippen molar-refractivity contribution < 1.29 is 14.3 Å². The zero-order chi connectivity index (χ0) is 24.2. The molecular weight excluding hydrogens is 452 g/mol. The molecule has 0 saturated heterocycles. The Morgan fingerprint density at radius 1 is 1.06 bits per heavy atom. The molecule has 1 aromatic heterocycles. The highest BCUT2D eigenvalue weighted by Crippen LogP contribution is 2.34. The molecule has 9 heteroatoms. The van der Waals surface area contributed by atoms with Crippen molar-refractivity contribution in [3.63, 3.8) is 0 Å². The van der Waals surface area contributed by atoms with Crippen LogP contribution in [0.5, 0.6) is 0 Å². The molecule has 0 unspecified atom stereocenters. The van der Waals surface area contributed by atoms with Gasteiger partial charge in [0.05, 0.1) is 18.0 Å². The summed E-state index contributed by atoms with van der Waals surface area (Å²) in [7, 11) is 1.28. The second kappa shape index (κ2) is 9.80. The van der Waals surface area contributed by atoms with Crippen molar-refractivity contribution in [2.24, 2.45) is 0 Å². The van der Waals surface area contributed by atoms with E-state index in [2.05, 4.69) is 15.3 Å². The van der Waals surface area contributed by atoms with Crippen LogP contribution in [0, 0.1) is 6.92 Å². The molecule has 0 radical (unpaired) electrons. The first-order chi connectivity index (χ1) is 16.4. The summed E-state index contributed by atoms with van der Waals surface area (Å²) in [5.74, 6) is -0.903. The summed E-state index contributed by atoms with van der Waals surface area (Å²) in [5, 5.41) is 3.19. The van der Waals surface area contributed by atoms with Gasteiger partial charge in [-0.1, -0.05) is 48.2 Å². The Bertz CT molecular complexity index is 1420. The predicted molar refractivity (Wildman–Crippen MR) is 131 cm³/mol. The van der Waals surface area contributed by atoms with Crippen LogP contribution in [0.15, 0.2) is 81.3 Å². The number of anilines is 1. The maximum Gasteiger partial charge on any atom is 0.333 e. The number of hydrogen-bond donors (Lipinski definition) is 3. The minimum atomic E-state index is -0.919. The summed E-state index contributed by atoms with van der Waals surface area (Å²) in [6.45, 7) is 1.91. The van der Waals surface area contributed by atoms with E-state index >= 15 is 0 Å². The highest BCUT2D eigenvalue weighted by Gasteiger charge is 2.24. The van der Waals surface area contributed by atoms with Crippen molar-refractivity contribution >= 4 is 40.5 Å². The highest BCUT2D eigenvalue weighted by atomic mass is 32.2. The molecule has 1 amide bonds. The lowest BCUT2D eigenvalue weighted by atomic mass is 10.1. The number of methoxy groups -OCH3 is 1. The monoisotopic (exact) mass is 474 g/mol. The van der Waals surface area contributed by atoms with Gasteiger partial charge in [0.15, 0.2) is 6.04 Å². The van der Waals surface area contributed by atoms with E-state index in [0.717, 1.165) is 15.4 Å². The van der Waals surface area contributed by atoms with Crippen molar-refractivity contribution in [3.8, 4) is 0 Å². The maximum absolute atomic E-state index is 12.8. The van der Waals surface area contributed by atoms with Crippen molar-refractivity contribution in [3.05, 3.63) is 93.8 Å². The average Bonchev–Trinajstić information content (AvgIpc) is 2.84. The van der Waals surface area contributed by atoms with E-state index in [9.17, 15) is 14.4 Å². The molecule has 172 valence electrons. The van der Waals surface area contributed by atoms with Crippen molar-refractivity contribution in [2.45, 2.75) is 22.8 Å². The van der Waals surface area contributed by atoms with Gasteiger partial charge in [0.1, 0.15) is 0 Å². The largest absolute Gasteiger partial charge is 0.467 e. The number of nitrogens with two attached hydrogens (primary N) is 1. The van der Waals surface area contributed by atoms with Crippen LogP contribution in [0.4, 0.5) is 5.95 Å². The molecule has 0 aliphatic rings. The minimum Gasteiger partial charge on any atom is -0.467 e. The van der Waals surface area contributed by atoms with E-state index in [-0.39, 0.29) is 11.5 Å². The fraction of sp³-hybridized carbons (Fsp3) is 0.120. The number of nitrogens with zero attached hydrogens (tertiary/aromatic N) is 1. The normalized spacial score (nSPS) is 11.7. The molecular formula is C25H22N4O4S. The number of carbonyl (C=O) groups is 2. The maximum atomic E-state index is 12.8. The number of aromatic nitrogens is 2. The Labute approximate surface area is 199 Å². The van der Waals surface area contributed by atoms with Crippen LogP contribution in [0.3, 0.4) is 0 Å². The van der Waals surface area contributed by atoms with E-state index in [4.69, 9.17) is 10.5 Å². The molecule has 1 atom stereocenters. The first-order valence-corrected chi connectivity index (χ1v) is 11.2.